The maximum absolute atomic E-state index is 4.68. The van der Waals surface area contributed by atoms with Crippen LogP contribution in [0.5, 0.6) is 0 Å². The summed E-state index contributed by atoms with van der Waals surface area (Å²) < 4.78 is 0. The summed E-state index contributed by atoms with van der Waals surface area (Å²) in [4.78, 5) is 4.68. The van der Waals surface area contributed by atoms with E-state index in [2.05, 4.69) is 45.3 Å². The summed E-state index contributed by atoms with van der Waals surface area (Å²) in [5.41, 5.74) is 3.54. The molecule has 1 aromatic heterocycles. The fourth-order valence-corrected chi connectivity index (χ4v) is 2.21. The average Bonchev–Trinajstić information content (AvgIpc) is 2.39. The third-order valence-electron chi connectivity index (χ3n) is 3.12. The summed E-state index contributed by atoms with van der Waals surface area (Å²) >= 11 is 0. The van der Waals surface area contributed by atoms with Gasteiger partial charge in [0.05, 0.1) is 11.4 Å². The molecule has 0 unspecified atom stereocenters. The fourth-order valence-electron chi connectivity index (χ4n) is 2.21. The first-order valence-electron chi connectivity index (χ1n) is 7.14. The standard InChI is InChI=1S/C14H25N5/c1-12-8-13-10-17-6-4-15-2-3-16-5-7-18-11-14(9-12)19-13/h8-9,15-18H,2-7,10-11H2,1H3. The van der Waals surface area contributed by atoms with Crippen LogP contribution in [0.2, 0.25) is 0 Å². The van der Waals surface area contributed by atoms with Crippen molar-refractivity contribution in [2.24, 2.45) is 0 Å². The maximum Gasteiger partial charge on any atom is 0.0548 e. The van der Waals surface area contributed by atoms with Gasteiger partial charge in [-0.15, -0.1) is 0 Å². The molecule has 106 valence electrons. The highest BCUT2D eigenvalue weighted by Crippen LogP contribution is 2.05. The molecule has 0 aliphatic carbocycles. The molecule has 1 aromatic rings. The van der Waals surface area contributed by atoms with Crippen LogP contribution in [0, 0.1) is 6.92 Å². The quantitative estimate of drug-likeness (QED) is 0.520. The Balaban J connectivity index is 1.94. The Labute approximate surface area is 115 Å². The minimum absolute atomic E-state index is 0.842. The van der Waals surface area contributed by atoms with Gasteiger partial charge in [0.2, 0.25) is 0 Å². The van der Waals surface area contributed by atoms with E-state index in [0.29, 0.717) is 0 Å². The number of nitrogens with zero attached hydrogens (tertiary/aromatic N) is 1. The largest absolute Gasteiger partial charge is 0.314 e. The van der Waals surface area contributed by atoms with Crippen molar-refractivity contribution < 1.29 is 0 Å². The SMILES string of the molecule is Cc1cc2nc(c1)CNCCNCCNCCNC2. The van der Waals surface area contributed by atoms with Gasteiger partial charge in [0.1, 0.15) is 0 Å². The van der Waals surface area contributed by atoms with Crippen LogP contribution in [-0.2, 0) is 13.1 Å². The summed E-state index contributed by atoms with van der Waals surface area (Å²) in [7, 11) is 0. The van der Waals surface area contributed by atoms with Gasteiger partial charge in [0.25, 0.3) is 0 Å². The highest BCUT2D eigenvalue weighted by Gasteiger charge is 2.01. The van der Waals surface area contributed by atoms with Crippen LogP contribution in [0.25, 0.3) is 0 Å². The normalized spacial score (nSPS) is 19.4. The molecule has 1 aliphatic rings. The smallest absolute Gasteiger partial charge is 0.0548 e. The first kappa shape index (κ1) is 14.4. The number of rotatable bonds is 0. The van der Waals surface area contributed by atoms with Crippen LogP contribution < -0.4 is 21.3 Å². The summed E-state index contributed by atoms with van der Waals surface area (Å²) in [6, 6.07) is 4.31. The molecule has 0 spiro atoms. The van der Waals surface area contributed by atoms with Gasteiger partial charge < -0.3 is 21.3 Å². The third-order valence-corrected chi connectivity index (χ3v) is 3.12. The van der Waals surface area contributed by atoms with Crippen LogP contribution in [-0.4, -0.2) is 44.3 Å². The van der Waals surface area contributed by atoms with E-state index in [1.165, 1.54) is 5.56 Å². The van der Waals surface area contributed by atoms with Gasteiger partial charge in [-0.2, -0.15) is 0 Å². The van der Waals surface area contributed by atoms with Gasteiger partial charge in [-0.05, 0) is 24.6 Å². The number of aryl methyl sites for hydroxylation is 1. The van der Waals surface area contributed by atoms with Crippen LogP contribution in [0.1, 0.15) is 17.0 Å². The molecule has 0 atom stereocenters. The highest BCUT2D eigenvalue weighted by molar-refractivity contribution is 5.20. The van der Waals surface area contributed by atoms with Crippen molar-refractivity contribution in [3.05, 3.63) is 29.1 Å². The zero-order valence-corrected chi connectivity index (χ0v) is 11.8. The maximum atomic E-state index is 4.68. The molecule has 4 N–H and O–H groups in total. The monoisotopic (exact) mass is 263 g/mol. The van der Waals surface area contributed by atoms with Gasteiger partial charge >= 0.3 is 0 Å². The lowest BCUT2D eigenvalue weighted by atomic mass is 10.2. The minimum Gasteiger partial charge on any atom is -0.314 e. The van der Waals surface area contributed by atoms with E-state index >= 15 is 0 Å². The Morgan fingerprint density at radius 2 is 1.16 bits per heavy atom. The molecule has 5 heteroatoms. The van der Waals surface area contributed by atoms with Crippen LogP contribution in [0.4, 0.5) is 0 Å². The molecule has 0 saturated heterocycles. The van der Waals surface area contributed by atoms with E-state index in [-0.39, 0.29) is 0 Å². The lowest BCUT2D eigenvalue weighted by molar-refractivity contribution is 0.568. The lowest BCUT2D eigenvalue weighted by Crippen LogP contribution is -2.34. The fraction of sp³-hybridized carbons (Fsp3) is 0.643. The predicted octanol–water partition coefficient (Wildman–Crippen LogP) is -0.238. The van der Waals surface area contributed by atoms with E-state index in [9.17, 15) is 0 Å². The van der Waals surface area contributed by atoms with Crippen molar-refractivity contribution in [1.82, 2.24) is 26.3 Å². The topological polar surface area (TPSA) is 61.0 Å². The second-order valence-corrected chi connectivity index (χ2v) is 4.98. The molecule has 19 heavy (non-hydrogen) atoms. The van der Waals surface area contributed by atoms with E-state index in [0.717, 1.165) is 63.7 Å². The molecule has 2 rings (SSSR count). The molecule has 2 heterocycles. The van der Waals surface area contributed by atoms with E-state index in [1.54, 1.807) is 0 Å². The molecule has 0 amide bonds. The first-order valence-corrected chi connectivity index (χ1v) is 7.14. The Kier molecular flexibility index (Phi) is 6.23. The van der Waals surface area contributed by atoms with Crippen molar-refractivity contribution in [2.75, 3.05) is 39.3 Å². The Morgan fingerprint density at radius 3 is 1.63 bits per heavy atom. The van der Waals surface area contributed by atoms with Gasteiger partial charge in [0, 0.05) is 52.4 Å². The van der Waals surface area contributed by atoms with Gasteiger partial charge in [-0.1, -0.05) is 0 Å². The van der Waals surface area contributed by atoms with Gasteiger partial charge in [0.15, 0.2) is 0 Å². The molecule has 0 radical (unpaired) electrons. The van der Waals surface area contributed by atoms with E-state index < -0.39 is 0 Å². The molecule has 0 aromatic carbocycles. The van der Waals surface area contributed by atoms with Crippen LogP contribution in [0.15, 0.2) is 12.1 Å². The predicted molar refractivity (Wildman–Crippen MR) is 78.1 cm³/mol. The summed E-state index contributed by atoms with van der Waals surface area (Å²) in [5.74, 6) is 0. The Hall–Kier alpha value is -1.01. The number of aromatic nitrogens is 1. The minimum atomic E-state index is 0.842. The molecule has 0 saturated carbocycles. The zero-order chi connectivity index (χ0) is 13.3. The number of pyridine rings is 1. The Morgan fingerprint density at radius 1 is 0.737 bits per heavy atom. The van der Waals surface area contributed by atoms with Crippen molar-refractivity contribution in [3.8, 4) is 0 Å². The van der Waals surface area contributed by atoms with Crippen molar-refractivity contribution in [1.29, 1.82) is 0 Å². The van der Waals surface area contributed by atoms with Crippen molar-refractivity contribution in [2.45, 2.75) is 20.0 Å². The highest BCUT2D eigenvalue weighted by atomic mass is 15.0. The lowest BCUT2D eigenvalue weighted by Gasteiger charge is -2.08. The third kappa shape index (κ3) is 5.65. The van der Waals surface area contributed by atoms with E-state index in [4.69, 9.17) is 0 Å². The molecular formula is C14H25N5. The first-order chi connectivity index (χ1) is 9.34. The number of hydrogen-bond donors (Lipinski definition) is 4. The van der Waals surface area contributed by atoms with Crippen molar-refractivity contribution >= 4 is 0 Å². The Bertz CT molecular complexity index is 348. The van der Waals surface area contributed by atoms with Crippen molar-refractivity contribution in [3.63, 3.8) is 0 Å². The van der Waals surface area contributed by atoms with E-state index in [1.807, 2.05) is 0 Å². The summed E-state index contributed by atoms with van der Waals surface area (Å²) in [6.07, 6.45) is 0. The second-order valence-electron chi connectivity index (χ2n) is 4.98. The van der Waals surface area contributed by atoms with Crippen LogP contribution >= 0.6 is 0 Å². The van der Waals surface area contributed by atoms with Crippen LogP contribution in [0.3, 0.4) is 0 Å². The molecule has 0 fully saturated rings. The summed E-state index contributed by atoms with van der Waals surface area (Å²) in [6.45, 7) is 9.80. The second kappa shape index (κ2) is 8.22. The molecular weight excluding hydrogens is 238 g/mol. The number of hydrogen-bond acceptors (Lipinski definition) is 5. The zero-order valence-electron chi connectivity index (χ0n) is 11.8. The number of nitrogens with one attached hydrogen (secondary N) is 4. The average molecular weight is 263 g/mol. The molecule has 2 bridgehead atoms. The summed E-state index contributed by atoms with van der Waals surface area (Å²) in [5, 5.41) is 13.7. The van der Waals surface area contributed by atoms with Gasteiger partial charge in [-0.25, -0.2) is 0 Å². The van der Waals surface area contributed by atoms with Gasteiger partial charge in [-0.3, -0.25) is 4.98 Å². The molecule has 1 aliphatic heterocycles. The number of fused-ring (bicyclic) bond motifs is 2. The molecule has 5 nitrogen and oxygen atoms in total.